The summed E-state index contributed by atoms with van der Waals surface area (Å²) < 4.78 is 5.36. The standard InChI is InChI=1S/C18H20Cl2N2O2.ClH/c1-3-24-17-15(19)10-14(11-16(17)20)18(23)22-21-12(2)9-13-7-5-4-6-8-13;/h4-8,10-12,21H,3,9H2,1-2H3,(H,22,23);1H. The lowest BCUT2D eigenvalue weighted by Gasteiger charge is -2.15. The van der Waals surface area contributed by atoms with E-state index in [4.69, 9.17) is 27.9 Å². The van der Waals surface area contributed by atoms with Gasteiger partial charge in [-0.05, 0) is 38.0 Å². The van der Waals surface area contributed by atoms with E-state index in [1.165, 1.54) is 17.7 Å². The van der Waals surface area contributed by atoms with Gasteiger partial charge in [-0.25, -0.2) is 5.43 Å². The fourth-order valence-electron chi connectivity index (χ4n) is 2.25. The summed E-state index contributed by atoms with van der Waals surface area (Å²) in [6.45, 7) is 4.28. The van der Waals surface area contributed by atoms with Crippen molar-refractivity contribution in [1.82, 2.24) is 10.9 Å². The third-order valence-corrected chi connectivity index (χ3v) is 3.93. The van der Waals surface area contributed by atoms with Gasteiger partial charge in [0.1, 0.15) is 0 Å². The van der Waals surface area contributed by atoms with Gasteiger partial charge in [-0.3, -0.25) is 10.2 Å². The van der Waals surface area contributed by atoms with Crippen molar-refractivity contribution in [3.63, 3.8) is 0 Å². The second-order valence-corrected chi connectivity index (χ2v) is 6.21. The minimum atomic E-state index is -0.304. The molecule has 0 saturated heterocycles. The monoisotopic (exact) mass is 402 g/mol. The van der Waals surface area contributed by atoms with Crippen LogP contribution < -0.4 is 15.6 Å². The van der Waals surface area contributed by atoms with Gasteiger partial charge in [0.2, 0.25) is 0 Å². The molecule has 1 atom stereocenters. The van der Waals surface area contributed by atoms with Crippen LogP contribution in [0, 0.1) is 0 Å². The average Bonchev–Trinajstić information content (AvgIpc) is 2.56. The molecule has 25 heavy (non-hydrogen) atoms. The number of ether oxygens (including phenoxy) is 1. The lowest BCUT2D eigenvalue weighted by Crippen LogP contribution is -2.43. The van der Waals surface area contributed by atoms with Gasteiger partial charge in [0.15, 0.2) is 5.75 Å². The zero-order chi connectivity index (χ0) is 17.5. The summed E-state index contributed by atoms with van der Waals surface area (Å²) in [5.41, 5.74) is 7.23. The highest BCUT2D eigenvalue weighted by Gasteiger charge is 2.14. The molecule has 0 saturated carbocycles. The number of benzene rings is 2. The highest BCUT2D eigenvalue weighted by molar-refractivity contribution is 6.37. The van der Waals surface area contributed by atoms with Crippen molar-refractivity contribution in [3.8, 4) is 5.75 Å². The molecule has 0 aromatic heterocycles. The third-order valence-electron chi connectivity index (χ3n) is 3.37. The number of carbonyl (C=O) groups excluding carboxylic acids is 1. The zero-order valence-electron chi connectivity index (χ0n) is 14.0. The minimum absolute atomic E-state index is 0. The van der Waals surface area contributed by atoms with Crippen molar-refractivity contribution in [2.24, 2.45) is 0 Å². The van der Waals surface area contributed by atoms with Gasteiger partial charge < -0.3 is 4.74 Å². The molecule has 0 fully saturated rings. The number of amides is 1. The Morgan fingerprint density at radius 2 is 1.76 bits per heavy atom. The van der Waals surface area contributed by atoms with Crippen molar-refractivity contribution in [3.05, 3.63) is 63.6 Å². The molecule has 1 amide bonds. The van der Waals surface area contributed by atoms with Crippen LogP contribution in [-0.4, -0.2) is 18.6 Å². The maximum Gasteiger partial charge on any atom is 0.265 e. The summed E-state index contributed by atoms with van der Waals surface area (Å²) in [6, 6.07) is 13.2. The molecule has 0 radical (unpaired) electrons. The van der Waals surface area contributed by atoms with Gasteiger partial charge in [-0.2, -0.15) is 0 Å². The molecule has 4 nitrogen and oxygen atoms in total. The molecule has 2 aromatic rings. The lowest BCUT2D eigenvalue weighted by atomic mass is 10.1. The molecule has 2 N–H and O–H groups in total. The Bertz CT molecular complexity index is 673. The van der Waals surface area contributed by atoms with Gasteiger partial charge in [-0.15, -0.1) is 12.4 Å². The highest BCUT2D eigenvalue weighted by atomic mass is 35.5. The van der Waals surface area contributed by atoms with E-state index in [1.54, 1.807) is 0 Å². The second kappa shape index (κ2) is 10.5. The van der Waals surface area contributed by atoms with Gasteiger partial charge in [0.25, 0.3) is 5.91 Å². The smallest absolute Gasteiger partial charge is 0.265 e. The van der Waals surface area contributed by atoms with Gasteiger partial charge in [0, 0.05) is 11.6 Å². The summed E-state index contributed by atoms with van der Waals surface area (Å²) in [5.74, 6) is 0.0875. The Morgan fingerprint density at radius 1 is 1.16 bits per heavy atom. The van der Waals surface area contributed by atoms with Crippen LogP contribution in [0.3, 0.4) is 0 Å². The van der Waals surface area contributed by atoms with Crippen LogP contribution >= 0.6 is 35.6 Å². The van der Waals surface area contributed by atoms with Gasteiger partial charge in [-0.1, -0.05) is 53.5 Å². The van der Waals surface area contributed by atoms with Crippen molar-refractivity contribution in [1.29, 1.82) is 0 Å². The van der Waals surface area contributed by atoms with Crippen LogP contribution in [0.15, 0.2) is 42.5 Å². The van der Waals surface area contributed by atoms with Crippen molar-refractivity contribution >= 4 is 41.5 Å². The quantitative estimate of drug-likeness (QED) is 0.660. The minimum Gasteiger partial charge on any atom is -0.491 e. The fraction of sp³-hybridized carbons (Fsp3) is 0.278. The molecule has 0 bridgehead atoms. The van der Waals surface area contributed by atoms with Crippen LogP contribution in [0.25, 0.3) is 0 Å². The molecule has 2 rings (SSSR count). The summed E-state index contributed by atoms with van der Waals surface area (Å²) in [5, 5.41) is 0.624. The lowest BCUT2D eigenvalue weighted by molar-refractivity contribution is 0.0926. The van der Waals surface area contributed by atoms with Crippen LogP contribution in [0.5, 0.6) is 5.75 Å². The Kier molecular flexibility index (Phi) is 9.08. The molecule has 0 heterocycles. The zero-order valence-corrected chi connectivity index (χ0v) is 16.3. The number of carbonyl (C=O) groups is 1. The number of hydrogen-bond donors (Lipinski definition) is 2. The number of nitrogens with one attached hydrogen (secondary N) is 2. The topological polar surface area (TPSA) is 50.4 Å². The normalized spacial score (nSPS) is 11.4. The van der Waals surface area contributed by atoms with E-state index in [0.717, 1.165) is 6.42 Å². The first-order valence-electron chi connectivity index (χ1n) is 7.73. The fourth-order valence-corrected chi connectivity index (χ4v) is 2.85. The molecular weight excluding hydrogens is 383 g/mol. The molecule has 0 spiro atoms. The molecule has 0 aliphatic heterocycles. The number of halogens is 3. The molecule has 1 unspecified atom stereocenters. The van der Waals surface area contributed by atoms with Crippen LogP contribution in [0.1, 0.15) is 29.8 Å². The van der Waals surface area contributed by atoms with E-state index in [1.807, 2.05) is 44.2 Å². The van der Waals surface area contributed by atoms with Crippen LogP contribution in [0.2, 0.25) is 10.0 Å². The maximum absolute atomic E-state index is 12.2. The maximum atomic E-state index is 12.2. The summed E-state index contributed by atoms with van der Waals surface area (Å²) in [6.07, 6.45) is 0.798. The number of rotatable bonds is 7. The Labute approximate surface area is 164 Å². The van der Waals surface area contributed by atoms with Crippen molar-refractivity contribution in [2.75, 3.05) is 6.61 Å². The Morgan fingerprint density at radius 3 is 2.32 bits per heavy atom. The van der Waals surface area contributed by atoms with Crippen molar-refractivity contribution in [2.45, 2.75) is 26.3 Å². The second-order valence-electron chi connectivity index (χ2n) is 5.39. The van der Waals surface area contributed by atoms with Crippen molar-refractivity contribution < 1.29 is 9.53 Å². The Balaban J connectivity index is 0.00000312. The van der Waals surface area contributed by atoms with E-state index in [2.05, 4.69) is 10.9 Å². The molecule has 7 heteroatoms. The van der Waals surface area contributed by atoms with E-state index < -0.39 is 0 Å². The largest absolute Gasteiger partial charge is 0.491 e. The third kappa shape index (κ3) is 6.40. The Hall–Kier alpha value is -1.46. The van der Waals surface area contributed by atoms with Gasteiger partial charge in [0.05, 0.1) is 16.7 Å². The summed E-state index contributed by atoms with van der Waals surface area (Å²) >= 11 is 12.2. The summed E-state index contributed by atoms with van der Waals surface area (Å²) in [4.78, 5) is 12.2. The number of hydrazine groups is 1. The predicted molar refractivity (Wildman–Crippen MR) is 105 cm³/mol. The SMILES string of the molecule is CCOc1c(Cl)cc(C(=O)NNC(C)Cc2ccccc2)cc1Cl.Cl. The summed E-state index contributed by atoms with van der Waals surface area (Å²) in [7, 11) is 0. The molecule has 0 aliphatic rings. The van der Waals surface area contributed by atoms with E-state index in [-0.39, 0.29) is 24.4 Å². The predicted octanol–water partition coefficient (Wildman–Crippen LogP) is 4.68. The first-order chi connectivity index (χ1) is 11.5. The molecular formula is C18H21Cl3N2O2. The van der Waals surface area contributed by atoms with Crippen LogP contribution in [-0.2, 0) is 6.42 Å². The van der Waals surface area contributed by atoms with E-state index in [9.17, 15) is 4.79 Å². The molecule has 2 aromatic carbocycles. The first kappa shape index (κ1) is 21.6. The van der Waals surface area contributed by atoms with E-state index >= 15 is 0 Å². The van der Waals surface area contributed by atoms with Gasteiger partial charge >= 0.3 is 0 Å². The first-order valence-corrected chi connectivity index (χ1v) is 8.48. The number of hydrogen-bond acceptors (Lipinski definition) is 3. The highest BCUT2D eigenvalue weighted by Crippen LogP contribution is 2.34. The molecule has 0 aliphatic carbocycles. The average molecular weight is 404 g/mol. The van der Waals surface area contributed by atoms with Crippen LogP contribution in [0.4, 0.5) is 0 Å². The molecule has 136 valence electrons. The van der Waals surface area contributed by atoms with E-state index in [0.29, 0.717) is 28.0 Å².